The highest BCUT2D eigenvalue weighted by Gasteiger charge is 2.51. The molecule has 0 saturated carbocycles. The van der Waals surface area contributed by atoms with Crippen molar-refractivity contribution in [2.75, 3.05) is 19.8 Å². The number of hydrogen-bond acceptors (Lipinski definition) is 13. The first-order valence-electron chi connectivity index (χ1n) is 33.4. The van der Waals surface area contributed by atoms with Crippen LogP contribution in [0.5, 0.6) is 0 Å². The lowest BCUT2D eigenvalue weighted by Crippen LogP contribution is -2.65. The van der Waals surface area contributed by atoms with Gasteiger partial charge >= 0.3 is 0 Å². The highest BCUT2D eigenvalue weighted by atomic mass is 16.7. The summed E-state index contributed by atoms with van der Waals surface area (Å²) in [5.41, 5.74) is 0. The molecule has 2 heterocycles. The summed E-state index contributed by atoms with van der Waals surface area (Å²) in [6.45, 7) is 2.64. The van der Waals surface area contributed by atoms with Gasteiger partial charge in [-0.3, -0.25) is 4.79 Å². The number of rotatable bonds is 52. The number of nitrogens with one attached hydrogen (secondary N) is 1. The van der Waals surface area contributed by atoms with Gasteiger partial charge in [-0.1, -0.05) is 237 Å². The normalized spacial score (nSPS) is 24.3. The van der Waals surface area contributed by atoms with Crippen LogP contribution in [0.3, 0.4) is 0 Å². The van der Waals surface area contributed by atoms with E-state index in [0.29, 0.717) is 12.8 Å². The molecule has 12 unspecified atom stereocenters. The molecule has 2 aliphatic heterocycles. The molecule has 0 aromatic heterocycles. The molecule has 490 valence electrons. The van der Waals surface area contributed by atoms with Crippen molar-refractivity contribution < 1.29 is 64.6 Å². The van der Waals surface area contributed by atoms with Gasteiger partial charge < -0.3 is 65.1 Å². The topological polar surface area (TPSA) is 228 Å². The van der Waals surface area contributed by atoms with Crippen LogP contribution in [0, 0.1) is 0 Å². The molecule has 86 heavy (non-hydrogen) atoms. The van der Waals surface area contributed by atoms with E-state index >= 15 is 0 Å². The molecule has 2 aliphatic rings. The van der Waals surface area contributed by atoms with Crippen molar-refractivity contribution in [3.8, 4) is 0 Å². The van der Waals surface area contributed by atoms with E-state index in [4.69, 9.17) is 18.9 Å². The van der Waals surface area contributed by atoms with E-state index in [9.17, 15) is 45.6 Å². The van der Waals surface area contributed by atoms with Crippen LogP contribution < -0.4 is 5.32 Å². The lowest BCUT2D eigenvalue weighted by Gasteiger charge is -2.46. The summed E-state index contributed by atoms with van der Waals surface area (Å²) in [4.78, 5) is 13.3. The standard InChI is InChI=1S/C72H119NO13/c1-3-5-7-9-11-13-15-17-19-21-22-23-24-25-26-27-28-29-30-31-32-33-34-35-36-37-38-40-42-44-46-48-50-52-54-56-64(77)73-60(61(76)55-53-51-49-47-45-43-41-39-20-18-16-14-12-10-8-6-4-2)59-83-71-69(82)67(80)70(63(58-75)85-71)86-72-68(81)66(79)65(78)62(57-74)84-72/h5,7,11,13,17,19-20,22-23,25-26,28-29,31-32,34-35,39,45,47,53,55,60-63,65-72,74-76,78-82H,3-4,6,8-10,12,14-16,18,21,24,27,30,33,36-38,40-44,46,48-52,54,56-59H2,1-2H3,(H,73,77)/b7-5-,13-11-,19-17-,23-22-,26-25-,29-28-,32-31-,35-34-,39-20+,47-45+,55-53+. The van der Waals surface area contributed by atoms with E-state index in [1.807, 2.05) is 6.08 Å². The minimum atomic E-state index is -1.80. The first kappa shape index (κ1) is 78.2. The van der Waals surface area contributed by atoms with Gasteiger partial charge in [0.05, 0.1) is 32.0 Å². The monoisotopic (exact) mass is 1210 g/mol. The fourth-order valence-electron chi connectivity index (χ4n) is 9.99. The molecule has 2 fully saturated rings. The Morgan fingerprint density at radius 3 is 1.28 bits per heavy atom. The Hall–Kier alpha value is -3.87. The van der Waals surface area contributed by atoms with Crippen LogP contribution in [0.2, 0.25) is 0 Å². The van der Waals surface area contributed by atoms with E-state index in [1.54, 1.807) is 6.08 Å². The fraction of sp³-hybridized carbons (Fsp3) is 0.681. The third-order valence-electron chi connectivity index (χ3n) is 15.3. The van der Waals surface area contributed by atoms with Gasteiger partial charge in [0.25, 0.3) is 0 Å². The number of aliphatic hydroxyl groups is 8. The summed E-state index contributed by atoms with van der Waals surface area (Å²) in [5.74, 6) is -0.264. The molecule has 0 bridgehead atoms. The van der Waals surface area contributed by atoms with Crippen LogP contribution in [-0.2, 0) is 23.7 Å². The molecule has 1 amide bonds. The highest BCUT2D eigenvalue weighted by Crippen LogP contribution is 2.30. The number of carbonyl (C=O) groups is 1. The van der Waals surface area contributed by atoms with Crippen molar-refractivity contribution in [2.24, 2.45) is 0 Å². The second-order valence-electron chi connectivity index (χ2n) is 22.8. The summed E-state index contributed by atoms with van der Waals surface area (Å²) in [5, 5.41) is 87.2. The van der Waals surface area contributed by atoms with Crippen molar-refractivity contribution in [3.63, 3.8) is 0 Å². The lowest BCUT2D eigenvalue weighted by molar-refractivity contribution is -0.359. The Bertz CT molecular complexity index is 1950. The van der Waals surface area contributed by atoms with Gasteiger partial charge in [-0.15, -0.1) is 0 Å². The number of amides is 1. The Morgan fingerprint density at radius 2 is 0.814 bits per heavy atom. The minimum Gasteiger partial charge on any atom is -0.394 e. The van der Waals surface area contributed by atoms with E-state index in [1.165, 1.54) is 83.5 Å². The Kier molecular flexibility index (Phi) is 50.2. The van der Waals surface area contributed by atoms with Gasteiger partial charge in [0, 0.05) is 6.42 Å². The van der Waals surface area contributed by atoms with Crippen LogP contribution in [0.4, 0.5) is 0 Å². The smallest absolute Gasteiger partial charge is 0.220 e. The molecular weight excluding hydrogens is 1090 g/mol. The van der Waals surface area contributed by atoms with Gasteiger partial charge in [-0.05, 0) is 109 Å². The molecule has 9 N–H and O–H groups in total. The van der Waals surface area contributed by atoms with Crippen molar-refractivity contribution in [1.29, 1.82) is 0 Å². The third-order valence-corrected chi connectivity index (χ3v) is 15.3. The minimum absolute atomic E-state index is 0.256. The largest absolute Gasteiger partial charge is 0.394 e. The van der Waals surface area contributed by atoms with Gasteiger partial charge in [0.1, 0.15) is 48.8 Å². The first-order valence-corrected chi connectivity index (χ1v) is 33.4. The quantitative estimate of drug-likeness (QED) is 0.0204. The van der Waals surface area contributed by atoms with Crippen molar-refractivity contribution in [1.82, 2.24) is 5.32 Å². The summed E-state index contributed by atoms with van der Waals surface area (Å²) < 4.78 is 22.8. The van der Waals surface area contributed by atoms with Crippen molar-refractivity contribution in [3.05, 3.63) is 134 Å². The average molecular weight is 1210 g/mol. The molecule has 2 rings (SSSR count). The second kappa shape index (κ2) is 55.2. The van der Waals surface area contributed by atoms with E-state index in [-0.39, 0.29) is 18.9 Å². The Labute approximate surface area is 520 Å². The molecule has 0 aromatic carbocycles. The Morgan fingerprint density at radius 1 is 0.430 bits per heavy atom. The SMILES string of the molecule is CC/C=C\C/C=C\C/C=C\C/C=C\C/C=C\C/C=C\C/C=C\C/C=C\CCCCCCCCCCCCC(=O)NC(COC1OC(CO)C(OC2OC(CO)C(O)C(O)C2O)C(O)C1O)C(O)/C=C/CC/C=C/CC/C=C/CCCCCCCCC. The van der Waals surface area contributed by atoms with Crippen LogP contribution in [0.25, 0.3) is 0 Å². The Balaban J connectivity index is 1.69. The molecule has 0 radical (unpaired) electrons. The summed E-state index contributed by atoms with van der Waals surface area (Å²) in [6, 6.07) is -0.950. The molecular formula is C72H119NO13. The van der Waals surface area contributed by atoms with Gasteiger partial charge in [0.15, 0.2) is 12.6 Å². The highest BCUT2D eigenvalue weighted by molar-refractivity contribution is 5.76. The van der Waals surface area contributed by atoms with E-state index < -0.39 is 86.8 Å². The third kappa shape index (κ3) is 39.2. The van der Waals surface area contributed by atoms with Gasteiger partial charge in [0.2, 0.25) is 5.91 Å². The fourth-order valence-corrected chi connectivity index (χ4v) is 9.99. The summed E-state index contributed by atoms with van der Waals surface area (Å²) in [6.07, 6.45) is 64.9. The maximum absolute atomic E-state index is 13.3. The zero-order valence-electron chi connectivity index (χ0n) is 53.0. The van der Waals surface area contributed by atoms with Gasteiger partial charge in [-0.25, -0.2) is 0 Å². The number of carbonyl (C=O) groups excluding carboxylic acids is 1. The summed E-state index contributed by atoms with van der Waals surface area (Å²) in [7, 11) is 0. The van der Waals surface area contributed by atoms with Crippen LogP contribution in [0.1, 0.15) is 219 Å². The second-order valence-corrected chi connectivity index (χ2v) is 22.8. The molecule has 14 nitrogen and oxygen atoms in total. The lowest BCUT2D eigenvalue weighted by atomic mass is 9.97. The molecule has 2 saturated heterocycles. The first-order chi connectivity index (χ1) is 42.1. The molecule has 14 heteroatoms. The molecule has 0 aromatic rings. The number of hydrogen-bond donors (Lipinski definition) is 9. The van der Waals surface area contributed by atoms with E-state index in [0.717, 1.165) is 103 Å². The molecule has 0 spiro atoms. The van der Waals surface area contributed by atoms with Crippen LogP contribution in [0.15, 0.2) is 134 Å². The van der Waals surface area contributed by atoms with E-state index in [2.05, 4.69) is 141 Å². The molecule has 0 aliphatic carbocycles. The zero-order valence-corrected chi connectivity index (χ0v) is 53.0. The number of allylic oxidation sites excluding steroid dienone is 21. The number of unbranched alkanes of at least 4 members (excludes halogenated alkanes) is 19. The zero-order chi connectivity index (χ0) is 62.3. The van der Waals surface area contributed by atoms with Gasteiger partial charge in [-0.2, -0.15) is 0 Å². The number of aliphatic hydroxyl groups excluding tert-OH is 8. The summed E-state index contributed by atoms with van der Waals surface area (Å²) >= 11 is 0. The predicted molar refractivity (Wildman–Crippen MR) is 350 cm³/mol. The maximum atomic E-state index is 13.3. The average Bonchev–Trinajstić information content (AvgIpc) is 2.46. The molecule has 12 atom stereocenters. The van der Waals surface area contributed by atoms with Crippen molar-refractivity contribution in [2.45, 2.75) is 293 Å². The van der Waals surface area contributed by atoms with Crippen LogP contribution in [-0.4, -0.2) is 140 Å². The maximum Gasteiger partial charge on any atom is 0.220 e. The van der Waals surface area contributed by atoms with Crippen molar-refractivity contribution >= 4 is 5.91 Å². The number of ether oxygens (including phenoxy) is 4. The predicted octanol–water partition coefficient (Wildman–Crippen LogP) is 13.1. The van der Waals surface area contributed by atoms with Crippen LogP contribution >= 0.6 is 0 Å².